The summed E-state index contributed by atoms with van der Waals surface area (Å²) in [6.45, 7) is 1.85. The van der Waals surface area contributed by atoms with Gasteiger partial charge in [-0.15, -0.1) is 10.2 Å². The third-order valence-corrected chi connectivity index (χ3v) is 4.95. The molecular formula is C18H16ClN3O2S. The zero-order chi connectivity index (χ0) is 17.8. The molecule has 3 rings (SSSR count). The molecule has 5 nitrogen and oxygen atoms in total. The lowest BCUT2D eigenvalue weighted by Gasteiger charge is -2.13. The van der Waals surface area contributed by atoms with Gasteiger partial charge >= 0.3 is 0 Å². The molecule has 1 heterocycles. The monoisotopic (exact) mass is 373 g/mol. The van der Waals surface area contributed by atoms with Crippen LogP contribution in [0.4, 0.5) is 0 Å². The number of carbonyl (C=O) groups is 1. The molecule has 0 saturated heterocycles. The second kappa shape index (κ2) is 7.72. The van der Waals surface area contributed by atoms with Crippen molar-refractivity contribution in [1.82, 2.24) is 14.8 Å². The van der Waals surface area contributed by atoms with Gasteiger partial charge in [0.1, 0.15) is 12.1 Å². The number of halogens is 1. The molecule has 0 aliphatic carbocycles. The first-order valence-electron chi connectivity index (χ1n) is 7.60. The van der Waals surface area contributed by atoms with Gasteiger partial charge in [-0.3, -0.25) is 9.36 Å². The maximum Gasteiger partial charge on any atom is 0.196 e. The summed E-state index contributed by atoms with van der Waals surface area (Å²) in [5.41, 5.74) is 1.44. The average Bonchev–Trinajstić information content (AvgIpc) is 3.09. The first-order chi connectivity index (χ1) is 12.1. The number of carbonyl (C=O) groups excluding carboxylic acids is 1. The molecule has 3 aromatic rings. The Balaban J connectivity index is 1.83. The highest BCUT2D eigenvalue weighted by molar-refractivity contribution is 8.00. The molecule has 0 radical (unpaired) electrons. The number of rotatable bonds is 6. The van der Waals surface area contributed by atoms with E-state index in [0.29, 0.717) is 21.5 Å². The van der Waals surface area contributed by atoms with Crippen LogP contribution >= 0.6 is 23.4 Å². The number of thioether (sulfide) groups is 1. The molecule has 0 N–H and O–H groups in total. The van der Waals surface area contributed by atoms with Crippen molar-refractivity contribution in [2.24, 2.45) is 0 Å². The molecule has 2 aromatic carbocycles. The minimum atomic E-state index is -0.321. The normalized spacial score (nSPS) is 12.0. The highest BCUT2D eigenvalue weighted by Gasteiger charge is 2.20. The first kappa shape index (κ1) is 17.5. The van der Waals surface area contributed by atoms with E-state index in [1.807, 2.05) is 35.8 Å². The van der Waals surface area contributed by atoms with Gasteiger partial charge in [0.2, 0.25) is 0 Å². The van der Waals surface area contributed by atoms with Crippen LogP contribution < -0.4 is 4.74 Å². The highest BCUT2D eigenvalue weighted by Crippen LogP contribution is 2.29. The molecule has 0 saturated carbocycles. The van der Waals surface area contributed by atoms with Gasteiger partial charge in [0, 0.05) is 10.6 Å². The van der Waals surface area contributed by atoms with Crippen LogP contribution in [0, 0.1) is 0 Å². The molecule has 0 unspecified atom stereocenters. The molecule has 0 aliphatic heterocycles. The predicted octanol–water partition coefficient (Wildman–Crippen LogP) is 4.29. The van der Waals surface area contributed by atoms with Gasteiger partial charge in [-0.25, -0.2) is 0 Å². The van der Waals surface area contributed by atoms with Crippen molar-refractivity contribution in [1.29, 1.82) is 0 Å². The molecule has 128 valence electrons. The zero-order valence-electron chi connectivity index (χ0n) is 13.7. The second-order valence-corrected chi connectivity index (χ2v) is 7.03. The number of ketones is 1. The first-order valence-corrected chi connectivity index (χ1v) is 8.85. The number of benzene rings is 2. The van der Waals surface area contributed by atoms with Gasteiger partial charge in [0.15, 0.2) is 10.9 Å². The van der Waals surface area contributed by atoms with Gasteiger partial charge in [0.05, 0.1) is 18.0 Å². The molecule has 0 bridgehead atoms. The summed E-state index contributed by atoms with van der Waals surface area (Å²) in [5, 5.41) is 9.03. The summed E-state index contributed by atoms with van der Waals surface area (Å²) in [4.78, 5) is 12.6. The number of aromatic nitrogens is 3. The number of nitrogens with zero attached hydrogens (tertiary/aromatic N) is 3. The van der Waals surface area contributed by atoms with Crippen molar-refractivity contribution >= 4 is 29.1 Å². The van der Waals surface area contributed by atoms with E-state index < -0.39 is 0 Å². The smallest absolute Gasteiger partial charge is 0.196 e. The Bertz CT molecular complexity index is 880. The largest absolute Gasteiger partial charge is 0.495 e. The number of Topliss-reactive ketones (excluding diaryl/α,β-unsaturated/α-hetero) is 1. The summed E-state index contributed by atoms with van der Waals surface area (Å²) >= 11 is 7.23. The average molecular weight is 374 g/mol. The third kappa shape index (κ3) is 3.86. The quantitative estimate of drug-likeness (QED) is 0.476. The maximum atomic E-state index is 12.6. The maximum absolute atomic E-state index is 12.6. The summed E-state index contributed by atoms with van der Waals surface area (Å²) in [6.07, 6.45) is 1.61. The van der Waals surface area contributed by atoms with Gasteiger partial charge in [0.25, 0.3) is 0 Å². The molecule has 0 aliphatic rings. The molecule has 1 atom stereocenters. The van der Waals surface area contributed by atoms with Crippen molar-refractivity contribution in [3.63, 3.8) is 0 Å². The summed E-state index contributed by atoms with van der Waals surface area (Å²) in [7, 11) is 1.61. The van der Waals surface area contributed by atoms with E-state index in [-0.39, 0.29) is 11.0 Å². The Labute approximate surface area is 155 Å². The predicted molar refractivity (Wildman–Crippen MR) is 99.0 cm³/mol. The lowest BCUT2D eigenvalue weighted by Crippen LogP contribution is -2.14. The fourth-order valence-electron chi connectivity index (χ4n) is 2.36. The van der Waals surface area contributed by atoms with Crippen LogP contribution in [0.1, 0.15) is 17.3 Å². The fraction of sp³-hybridized carbons (Fsp3) is 0.167. The molecule has 0 spiro atoms. The van der Waals surface area contributed by atoms with E-state index in [1.165, 1.54) is 11.8 Å². The van der Waals surface area contributed by atoms with Crippen LogP contribution in [-0.2, 0) is 0 Å². The van der Waals surface area contributed by atoms with Crippen molar-refractivity contribution in [3.8, 4) is 11.4 Å². The van der Waals surface area contributed by atoms with Crippen molar-refractivity contribution < 1.29 is 9.53 Å². The SMILES string of the molecule is COc1ccccc1-n1cnnc1S[C@@H](C)C(=O)c1ccc(Cl)cc1. The van der Waals surface area contributed by atoms with Crippen molar-refractivity contribution in [3.05, 3.63) is 65.4 Å². The van der Waals surface area contributed by atoms with Crippen LogP contribution in [0.15, 0.2) is 60.0 Å². The zero-order valence-corrected chi connectivity index (χ0v) is 15.3. The van der Waals surface area contributed by atoms with Gasteiger partial charge < -0.3 is 4.74 Å². The van der Waals surface area contributed by atoms with E-state index in [4.69, 9.17) is 16.3 Å². The summed E-state index contributed by atoms with van der Waals surface area (Å²) in [6, 6.07) is 14.5. The third-order valence-electron chi connectivity index (χ3n) is 3.64. The minimum Gasteiger partial charge on any atom is -0.495 e. The number of hydrogen-bond donors (Lipinski definition) is 0. The van der Waals surface area contributed by atoms with Crippen LogP contribution in [0.3, 0.4) is 0 Å². The second-order valence-electron chi connectivity index (χ2n) is 5.29. The molecule has 0 amide bonds. The Hall–Kier alpha value is -2.31. The Morgan fingerprint density at radius 1 is 1.20 bits per heavy atom. The van der Waals surface area contributed by atoms with E-state index in [2.05, 4.69) is 10.2 Å². The Kier molecular flexibility index (Phi) is 5.40. The van der Waals surface area contributed by atoms with Crippen LogP contribution in [-0.4, -0.2) is 32.9 Å². The lowest BCUT2D eigenvalue weighted by atomic mass is 10.1. The van der Waals surface area contributed by atoms with Crippen LogP contribution in [0.25, 0.3) is 5.69 Å². The Morgan fingerprint density at radius 3 is 2.64 bits per heavy atom. The van der Waals surface area contributed by atoms with Crippen molar-refractivity contribution in [2.75, 3.05) is 7.11 Å². The highest BCUT2D eigenvalue weighted by atomic mass is 35.5. The minimum absolute atomic E-state index is 0.0104. The molecule has 1 aromatic heterocycles. The van der Waals surface area contributed by atoms with Gasteiger partial charge in [-0.05, 0) is 43.3 Å². The standard InChI is InChI=1S/C18H16ClN3O2S/c1-12(17(23)13-7-9-14(19)10-8-13)25-18-21-20-11-22(18)15-5-3-4-6-16(15)24-2/h3-12H,1-2H3/t12-/m0/s1. The van der Waals surface area contributed by atoms with Crippen LogP contribution in [0.5, 0.6) is 5.75 Å². The fourth-order valence-corrected chi connectivity index (χ4v) is 3.40. The summed E-state index contributed by atoms with van der Waals surface area (Å²) in [5.74, 6) is 0.720. The van der Waals surface area contributed by atoms with E-state index in [0.717, 1.165) is 5.69 Å². The van der Waals surface area contributed by atoms with Gasteiger partial charge in [-0.1, -0.05) is 35.5 Å². The number of methoxy groups -OCH3 is 1. The van der Waals surface area contributed by atoms with E-state index in [1.54, 1.807) is 37.7 Å². The van der Waals surface area contributed by atoms with Gasteiger partial charge in [-0.2, -0.15) is 0 Å². The molecule has 0 fully saturated rings. The molecular weight excluding hydrogens is 358 g/mol. The number of hydrogen-bond acceptors (Lipinski definition) is 5. The Morgan fingerprint density at radius 2 is 1.92 bits per heavy atom. The van der Waals surface area contributed by atoms with Crippen LogP contribution in [0.2, 0.25) is 5.02 Å². The summed E-state index contributed by atoms with van der Waals surface area (Å²) < 4.78 is 7.21. The number of para-hydroxylation sites is 2. The lowest BCUT2D eigenvalue weighted by molar-refractivity contribution is 0.0994. The van der Waals surface area contributed by atoms with E-state index in [9.17, 15) is 4.79 Å². The molecule has 7 heteroatoms. The molecule has 25 heavy (non-hydrogen) atoms. The van der Waals surface area contributed by atoms with E-state index >= 15 is 0 Å². The number of ether oxygens (including phenoxy) is 1. The van der Waals surface area contributed by atoms with Crippen molar-refractivity contribution in [2.45, 2.75) is 17.3 Å². The topological polar surface area (TPSA) is 57.0 Å².